The monoisotopic (exact) mass is 213 g/mol. The average Bonchev–Trinajstić information content (AvgIpc) is 2.72. The molecule has 4 heteroatoms. The summed E-state index contributed by atoms with van der Waals surface area (Å²) in [5, 5.41) is 3.36. The quantitative estimate of drug-likeness (QED) is 0.757. The molecule has 1 N–H and O–H groups in total. The fourth-order valence-electron chi connectivity index (χ4n) is 1.70. The number of nitrogens with one attached hydrogen (secondary N) is 1. The number of hydrogen-bond acceptors (Lipinski definition) is 4. The van der Waals surface area contributed by atoms with Crippen LogP contribution in [0.15, 0.2) is 11.8 Å². The summed E-state index contributed by atoms with van der Waals surface area (Å²) in [7, 11) is 0. The third kappa shape index (κ3) is 2.51. The van der Waals surface area contributed by atoms with E-state index in [4.69, 9.17) is 4.74 Å². The molecule has 0 aromatic carbocycles. The molecule has 1 atom stereocenters. The minimum Gasteiger partial charge on any atom is -0.500 e. The van der Waals surface area contributed by atoms with E-state index in [1.165, 1.54) is 0 Å². The molecular weight excluding hydrogens is 198 g/mol. The number of thioether (sulfide) groups is 1. The summed E-state index contributed by atoms with van der Waals surface area (Å²) in [6.45, 7) is 1.70. The van der Waals surface area contributed by atoms with Crippen LogP contribution in [0.3, 0.4) is 0 Å². The summed E-state index contributed by atoms with van der Waals surface area (Å²) in [6, 6.07) is 0.364. The molecular formula is C10H15NO2S. The van der Waals surface area contributed by atoms with Crippen LogP contribution in [0, 0.1) is 0 Å². The van der Waals surface area contributed by atoms with Crippen molar-refractivity contribution in [3.05, 3.63) is 11.8 Å². The molecule has 0 bridgehead atoms. The Bertz CT molecular complexity index is 247. The molecule has 2 heterocycles. The number of carbonyl (C=O) groups excluding carboxylic acids is 1. The summed E-state index contributed by atoms with van der Waals surface area (Å²) >= 11 is 1.92. The van der Waals surface area contributed by atoms with Crippen LogP contribution in [0.2, 0.25) is 0 Å². The number of rotatable bonds is 3. The predicted molar refractivity (Wildman–Crippen MR) is 57.4 cm³/mol. The molecule has 0 spiro atoms. The highest BCUT2D eigenvalue weighted by molar-refractivity contribution is 7.99. The van der Waals surface area contributed by atoms with Gasteiger partial charge in [-0.15, -0.1) is 0 Å². The van der Waals surface area contributed by atoms with Crippen molar-refractivity contribution >= 4 is 17.5 Å². The standard InChI is InChI=1S/C10H15NO2S/c12-10(8-1-3-13-6-8)5-9-7-14-4-2-11-9/h6,9,11H,1-5,7H2. The smallest absolute Gasteiger partial charge is 0.163 e. The SMILES string of the molecule is O=C(CC1CSCCN1)C1=COCC1. The van der Waals surface area contributed by atoms with Gasteiger partial charge < -0.3 is 10.1 Å². The Morgan fingerprint density at radius 2 is 2.64 bits per heavy atom. The fourth-order valence-corrected chi connectivity index (χ4v) is 2.65. The van der Waals surface area contributed by atoms with Crippen molar-refractivity contribution in [2.24, 2.45) is 0 Å². The van der Waals surface area contributed by atoms with E-state index in [2.05, 4.69) is 5.32 Å². The van der Waals surface area contributed by atoms with Crippen LogP contribution < -0.4 is 5.32 Å². The number of hydrogen-bond donors (Lipinski definition) is 1. The lowest BCUT2D eigenvalue weighted by atomic mass is 10.0. The Morgan fingerprint density at radius 3 is 3.29 bits per heavy atom. The summed E-state index contributed by atoms with van der Waals surface area (Å²) in [6.07, 6.45) is 3.04. The van der Waals surface area contributed by atoms with Crippen LogP contribution in [-0.2, 0) is 9.53 Å². The molecule has 2 aliphatic heterocycles. The largest absolute Gasteiger partial charge is 0.500 e. The van der Waals surface area contributed by atoms with Crippen molar-refractivity contribution in [2.45, 2.75) is 18.9 Å². The number of ketones is 1. The average molecular weight is 213 g/mol. The van der Waals surface area contributed by atoms with Crippen molar-refractivity contribution < 1.29 is 9.53 Å². The predicted octanol–water partition coefficient (Wildman–Crippen LogP) is 0.955. The van der Waals surface area contributed by atoms with Crippen molar-refractivity contribution in [2.75, 3.05) is 24.7 Å². The first-order valence-electron chi connectivity index (χ1n) is 5.01. The molecule has 0 aliphatic carbocycles. The molecule has 0 saturated carbocycles. The van der Waals surface area contributed by atoms with Crippen molar-refractivity contribution in [1.29, 1.82) is 0 Å². The van der Waals surface area contributed by atoms with E-state index in [1.807, 2.05) is 11.8 Å². The molecule has 3 nitrogen and oxygen atoms in total. The Morgan fingerprint density at radius 1 is 1.71 bits per heavy atom. The first-order valence-corrected chi connectivity index (χ1v) is 6.17. The number of carbonyl (C=O) groups is 1. The molecule has 1 saturated heterocycles. The maximum absolute atomic E-state index is 11.7. The first-order chi connectivity index (χ1) is 6.86. The normalized spacial score (nSPS) is 26.9. The van der Waals surface area contributed by atoms with Gasteiger partial charge in [-0.2, -0.15) is 11.8 Å². The van der Waals surface area contributed by atoms with Gasteiger partial charge in [-0.3, -0.25) is 4.79 Å². The van der Waals surface area contributed by atoms with E-state index >= 15 is 0 Å². The molecule has 1 fully saturated rings. The molecule has 0 aromatic rings. The highest BCUT2D eigenvalue weighted by Gasteiger charge is 2.20. The Kier molecular flexibility index (Phi) is 3.48. The lowest BCUT2D eigenvalue weighted by Gasteiger charge is -2.22. The Labute approximate surface area is 88.3 Å². The summed E-state index contributed by atoms with van der Waals surface area (Å²) in [5.74, 6) is 2.47. The fraction of sp³-hybridized carbons (Fsp3) is 0.700. The van der Waals surface area contributed by atoms with Gasteiger partial charge in [-0.25, -0.2) is 0 Å². The van der Waals surface area contributed by atoms with E-state index < -0.39 is 0 Å². The summed E-state index contributed by atoms with van der Waals surface area (Å²) in [5.41, 5.74) is 0.863. The van der Waals surface area contributed by atoms with E-state index in [0.717, 1.165) is 30.0 Å². The molecule has 2 aliphatic rings. The minimum atomic E-state index is 0.252. The molecule has 0 amide bonds. The van der Waals surface area contributed by atoms with Crippen LogP contribution in [0.5, 0.6) is 0 Å². The zero-order chi connectivity index (χ0) is 9.80. The third-order valence-corrected chi connectivity index (χ3v) is 3.63. The summed E-state index contributed by atoms with van der Waals surface area (Å²) < 4.78 is 5.06. The topological polar surface area (TPSA) is 38.3 Å². The first kappa shape index (κ1) is 10.1. The van der Waals surface area contributed by atoms with E-state index in [9.17, 15) is 4.79 Å². The Balaban J connectivity index is 1.81. The number of ether oxygens (including phenoxy) is 1. The van der Waals surface area contributed by atoms with E-state index in [0.29, 0.717) is 19.1 Å². The van der Waals surface area contributed by atoms with Crippen LogP contribution in [0.25, 0.3) is 0 Å². The molecule has 0 radical (unpaired) electrons. The summed E-state index contributed by atoms with van der Waals surface area (Å²) in [4.78, 5) is 11.7. The lowest BCUT2D eigenvalue weighted by molar-refractivity contribution is -0.116. The molecule has 1 unspecified atom stereocenters. The van der Waals surface area contributed by atoms with E-state index in [-0.39, 0.29) is 5.78 Å². The minimum absolute atomic E-state index is 0.252. The van der Waals surface area contributed by atoms with Crippen molar-refractivity contribution in [3.63, 3.8) is 0 Å². The molecule has 14 heavy (non-hydrogen) atoms. The van der Waals surface area contributed by atoms with Crippen LogP contribution in [0.1, 0.15) is 12.8 Å². The van der Waals surface area contributed by atoms with Crippen LogP contribution >= 0.6 is 11.8 Å². The van der Waals surface area contributed by atoms with Gasteiger partial charge in [0.25, 0.3) is 0 Å². The highest BCUT2D eigenvalue weighted by Crippen LogP contribution is 2.17. The second kappa shape index (κ2) is 4.84. The maximum Gasteiger partial charge on any atom is 0.163 e. The zero-order valence-electron chi connectivity index (χ0n) is 8.12. The van der Waals surface area contributed by atoms with Gasteiger partial charge in [0.15, 0.2) is 5.78 Å². The van der Waals surface area contributed by atoms with Crippen LogP contribution in [-0.4, -0.2) is 36.5 Å². The van der Waals surface area contributed by atoms with Gasteiger partial charge >= 0.3 is 0 Å². The molecule has 0 aromatic heterocycles. The Hall–Kier alpha value is -0.480. The van der Waals surface area contributed by atoms with Gasteiger partial charge in [0, 0.05) is 42.5 Å². The van der Waals surface area contributed by atoms with Gasteiger partial charge in [-0.05, 0) is 0 Å². The lowest BCUT2D eigenvalue weighted by Crippen LogP contribution is -2.39. The third-order valence-electron chi connectivity index (χ3n) is 2.50. The maximum atomic E-state index is 11.7. The van der Waals surface area contributed by atoms with Gasteiger partial charge in [-0.1, -0.05) is 0 Å². The van der Waals surface area contributed by atoms with E-state index in [1.54, 1.807) is 6.26 Å². The zero-order valence-corrected chi connectivity index (χ0v) is 8.94. The van der Waals surface area contributed by atoms with Gasteiger partial charge in [0.05, 0.1) is 12.9 Å². The highest BCUT2D eigenvalue weighted by atomic mass is 32.2. The van der Waals surface area contributed by atoms with Crippen molar-refractivity contribution in [1.82, 2.24) is 5.32 Å². The molecule has 78 valence electrons. The molecule has 2 rings (SSSR count). The second-order valence-corrected chi connectivity index (χ2v) is 4.77. The van der Waals surface area contributed by atoms with Gasteiger partial charge in [0.1, 0.15) is 0 Å². The number of Topliss-reactive ketones (excluding diaryl/α,β-unsaturated/α-hetero) is 1. The van der Waals surface area contributed by atoms with Crippen LogP contribution in [0.4, 0.5) is 0 Å². The van der Waals surface area contributed by atoms with Crippen molar-refractivity contribution in [3.8, 4) is 0 Å². The second-order valence-electron chi connectivity index (χ2n) is 3.62. The van der Waals surface area contributed by atoms with Gasteiger partial charge in [0.2, 0.25) is 0 Å².